The number of fused-ring (bicyclic) bond motifs is 1. The highest BCUT2D eigenvalue weighted by Gasteiger charge is 2.16. The van der Waals surface area contributed by atoms with E-state index in [1.807, 2.05) is 6.07 Å². The van der Waals surface area contributed by atoms with Crippen LogP contribution in [0.4, 0.5) is 5.69 Å². The van der Waals surface area contributed by atoms with Crippen LogP contribution in [0.5, 0.6) is 0 Å². The van der Waals surface area contributed by atoms with Crippen LogP contribution in [-0.4, -0.2) is 16.7 Å². The van der Waals surface area contributed by atoms with Gasteiger partial charge in [0.1, 0.15) is 0 Å². The van der Waals surface area contributed by atoms with Crippen molar-refractivity contribution in [2.75, 3.05) is 11.4 Å². The van der Waals surface area contributed by atoms with Crippen LogP contribution < -0.4 is 4.90 Å². The zero-order valence-electron chi connectivity index (χ0n) is 10.0. The van der Waals surface area contributed by atoms with Crippen LogP contribution in [0.2, 0.25) is 5.15 Å². The highest BCUT2D eigenvalue weighted by Crippen LogP contribution is 2.27. The lowest BCUT2D eigenvalue weighted by atomic mass is 10.0. The van der Waals surface area contributed by atoms with Gasteiger partial charge in [-0.3, -0.25) is 0 Å². The molecule has 0 aliphatic carbocycles. The van der Waals surface area contributed by atoms with E-state index in [-0.39, 0.29) is 0 Å². The second kappa shape index (κ2) is 4.94. The van der Waals surface area contributed by atoms with E-state index in [9.17, 15) is 0 Å². The first-order valence-corrected chi connectivity index (χ1v) is 6.52. The number of hydrogen-bond donors (Lipinski definition) is 0. The van der Waals surface area contributed by atoms with Gasteiger partial charge < -0.3 is 4.90 Å². The lowest BCUT2D eigenvalue weighted by Gasteiger charge is -2.30. The van der Waals surface area contributed by atoms with E-state index >= 15 is 0 Å². The first-order valence-electron chi connectivity index (χ1n) is 6.14. The smallest absolute Gasteiger partial charge is 0.151 e. The van der Waals surface area contributed by atoms with Crippen molar-refractivity contribution in [1.29, 1.82) is 0 Å². The summed E-state index contributed by atoms with van der Waals surface area (Å²) in [5.74, 6) is 0. The number of aryl methyl sites for hydroxylation is 1. The molecule has 92 valence electrons. The molecular weight excluding hydrogens is 246 g/mol. The van der Waals surface area contributed by atoms with E-state index in [1.54, 1.807) is 6.07 Å². The van der Waals surface area contributed by atoms with Crippen LogP contribution in [0.15, 0.2) is 36.4 Å². The van der Waals surface area contributed by atoms with Gasteiger partial charge in [0.25, 0.3) is 0 Å². The van der Waals surface area contributed by atoms with E-state index in [1.165, 1.54) is 24.1 Å². The third-order valence-electron chi connectivity index (χ3n) is 3.25. The summed E-state index contributed by atoms with van der Waals surface area (Å²) in [5, 5.41) is 8.45. The molecule has 2 aromatic rings. The molecule has 0 saturated heterocycles. The zero-order valence-corrected chi connectivity index (χ0v) is 10.8. The second-order valence-electron chi connectivity index (χ2n) is 4.50. The number of para-hydroxylation sites is 1. The van der Waals surface area contributed by atoms with Crippen molar-refractivity contribution in [2.24, 2.45) is 0 Å². The quantitative estimate of drug-likeness (QED) is 0.830. The number of hydrogen-bond acceptors (Lipinski definition) is 3. The summed E-state index contributed by atoms with van der Waals surface area (Å²) in [6.45, 7) is 1.86. The maximum atomic E-state index is 5.75. The molecule has 0 N–H and O–H groups in total. The number of anilines is 1. The van der Waals surface area contributed by atoms with Gasteiger partial charge in [-0.25, -0.2) is 0 Å². The van der Waals surface area contributed by atoms with Gasteiger partial charge in [-0.05, 0) is 36.6 Å². The molecule has 3 rings (SSSR count). The maximum Gasteiger partial charge on any atom is 0.151 e. The summed E-state index contributed by atoms with van der Waals surface area (Å²) in [6.07, 6.45) is 2.36. The van der Waals surface area contributed by atoms with Crippen molar-refractivity contribution < 1.29 is 0 Å². The molecule has 0 fully saturated rings. The summed E-state index contributed by atoms with van der Waals surface area (Å²) in [6, 6.07) is 12.3. The fourth-order valence-corrected chi connectivity index (χ4v) is 2.50. The molecular formula is C14H14ClN3. The number of nitrogens with zero attached hydrogens (tertiary/aromatic N) is 3. The summed E-state index contributed by atoms with van der Waals surface area (Å²) in [7, 11) is 0. The predicted octanol–water partition coefficient (Wildman–Crippen LogP) is 3.08. The van der Waals surface area contributed by atoms with Gasteiger partial charge in [0.2, 0.25) is 0 Å². The van der Waals surface area contributed by atoms with E-state index in [0.717, 1.165) is 18.8 Å². The fraction of sp³-hybridized carbons (Fsp3) is 0.286. The number of halogens is 1. The van der Waals surface area contributed by atoms with Gasteiger partial charge in [-0.15, -0.1) is 5.10 Å². The van der Waals surface area contributed by atoms with Gasteiger partial charge in [-0.2, -0.15) is 5.10 Å². The standard InChI is InChI=1S/C14H14ClN3/c15-14-8-7-12(16-17-14)10-18-9-3-5-11-4-1-2-6-13(11)18/h1-2,4,6-8H,3,5,9-10H2. The molecule has 2 heterocycles. The van der Waals surface area contributed by atoms with Crippen LogP contribution in [0.1, 0.15) is 17.7 Å². The molecule has 1 aromatic heterocycles. The number of benzene rings is 1. The summed E-state index contributed by atoms with van der Waals surface area (Å²) in [4.78, 5) is 2.36. The highest BCUT2D eigenvalue weighted by molar-refractivity contribution is 6.29. The summed E-state index contributed by atoms with van der Waals surface area (Å²) in [5.41, 5.74) is 3.70. The van der Waals surface area contributed by atoms with E-state index in [4.69, 9.17) is 11.6 Å². The van der Waals surface area contributed by atoms with E-state index in [0.29, 0.717) is 5.15 Å². The van der Waals surface area contributed by atoms with Crippen molar-refractivity contribution >= 4 is 17.3 Å². The van der Waals surface area contributed by atoms with Gasteiger partial charge in [-0.1, -0.05) is 29.8 Å². The average Bonchev–Trinajstić information content (AvgIpc) is 2.42. The molecule has 1 aliphatic rings. The summed E-state index contributed by atoms with van der Waals surface area (Å²) >= 11 is 5.75. The Balaban J connectivity index is 1.84. The summed E-state index contributed by atoms with van der Waals surface area (Å²) < 4.78 is 0. The largest absolute Gasteiger partial charge is 0.365 e. The van der Waals surface area contributed by atoms with Gasteiger partial charge in [0.15, 0.2) is 5.15 Å². The zero-order chi connectivity index (χ0) is 12.4. The molecule has 1 aromatic carbocycles. The third kappa shape index (κ3) is 2.31. The molecule has 0 unspecified atom stereocenters. The Morgan fingerprint density at radius 1 is 1.11 bits per heavy atom. The second-order valence-corrected chi connectivity index (χ2v) is 4.89. The third-order valence-corrected chi connectivity index (χ3v) is 3.45. The van der Waals surface area contributed by atoms with Gasteiger partial charge in [0, 0.05) is 12.2 Å². The lowest BCUT2D eigenvalue weighted by Crippen LogP contribution is -2.29. The van der Waals surface area contributed by atoms with Crippen LogP contribution in [0.25, 0.3) is 0 Å². The van der Waals surface area contributed by atoms with E-state index < -0.39 is 0 Å². The molecule has 0 saturated carbocycles. The van der Waals surface area contributed by atoms with E-state index in [2.05, 4.69) is 39.4 Å². The maximum absolute atomic E-state index is 5.75. The Hall–Kier alpha value is -1.61. The fourth-order valence-electron chi connectivity index (χ4n) is 2.40. The molecule has 4 heteroatoms. The molecule has 3 nitrogen and oxygen atoms in total. The molecule has 0 radical (unpaired) electrons. The van der Waals surface area contributed by atoms with Crippen molar-refractivity contribution in [1.82, 2.24) is 10.2 Å². The number of rotatable bonds is 2. The van der Waals surface area contributed by atoms with Crippen LogP contribution in [0, 0.1) is 0 Å². The molecule has 0 atom stereocenters. The first kappa shape index (κ1) is 11.5. The first-order chi connectivity index (χ1) is 8.83. The Morgan fingerprint density at radius 2 is 2.00 bits per heavy atom. The van der Waals surface area contributed by atoms with Crippen molar-refractivity contribution in [3.63, 3.8) is 0 Å². The molecule has 0 bridgehead atoms. The van der Waals surface area contributed by atoms with Crippen molar-refractivity contribution in [2.45, 2.75) is 19.4 Å². The van der Waals surface area contributed by atoms with Crippen LogP contribution >= 0.6 is 11.6 Å². The number of aromatic nitrogens is 2. The van der Waals surface area contributed by atoms with Crippen molar-refractivity contribution in [3.05, 3.63) is 52.8 Å². The predicted molar refractivity (Wildman–Crippen MR) is 72.9 cm³/mol. The van der Waals surface area contributed by atoms with Gasteiger partial charge >= 0.3 is 0 Å². The minimum Gasteiger partial charge on any atom is -0.365 e. The Morgan fingerprint density at radius 3 is 2.83 bits per heavy atom. The van der Waals surface area contributed by atoms with Crippen LogP contribution in [0.3, 0.4) is 0 Å². The highest BCUT2D eigenvalue weighted by atomic mass is 35.5. The van der Waals surface area contributed by atoms with Crippen LogP contribution in [-0.2, 0) is 13.0 Å². The topological polar surface area (TPSA) is 29.0 Å². The monoisotopic (exact) mass is 259 g/mol. The Bertz CT molecular complexity index is 539. The molecule has 0 spiro atoms. The normalized spacial score (nSPS) is 14.4. The minimum atomic E-state index is 0.442. The molecule has 0 amide bonds. The molecule has 1 aliphatic heterocycles. The lowest BCUT2D eigenvalue weighted by molar-refractivity contribution is 0.678. The Labute approximate surface area is 111 Å². The Kier molecular flexibility index (Phi) is 3.15. The SMILES string of the molecule is Clc1ccc(CN2CCCc3ccccc32)nn1. The minimum absolute atomic E-state index is 0.442. The van der Waals surface area contributed by atoms with Gasteiger partial charge in [0.05, 0.1) is 12.2 Å². The van der Waals surface area contributed by atoms with Crippen molar-refractivity contribution in [3.8, 4) is 0 Å². The average molecular weight is 260 g/mol. The molecule has 18 heavy (non-hydrogen) atoms.